The summed E-state index contributed by atoms with van der Waals surface area (Å²) in [5.41, 5.74) is 0. The van der Waals surface area contributed by atoms with Crippen molar-refractivity contribution in [1.82, 2.24) is 0 Å². The van der Waals surface area contributed by atoms with E-state index in [2.05, 4.69) is 22.0 Å². The van der Waals surface area contributed by atoms with E-state index >= 15 is 0 Å². The van der Waals surface area contributed by atoms with Crippen molar-refractivity contribution >= 4 is 27.3 Å². The Hall–Kier alpha value is -1.78. The highest BCUT2D eigenvalue weighted by Gasteiger charge is 2.01. The molecule has 0 unspecified atom stereocenters. The third-order valence-corrected chi connectivity index (χ3v) is 4.41. The summed E-state index contributed by atoms with van der Waals surface area (Å²) in [6, 6.07) is 21.5. The van der Waals surface area contributed by atoms with E-state index < -0.39 is 0 Å². The van der Waals surface area contributed by atoms with Crippen LogP contribution in [0.1, 0.15) is 4.88 Å². The summed E-state index contributed by atoms with van der Waals surface area (Å²) in [5, 5.41) is 0. The topological polar surface area (TPSA) is 18.5 Å². The van der Waals surface area contributed by atoms with E-state index in [0.29, 0.717) is 6.61 Å². The maximum Gasteiger partial charge on any atom is 0.127 e. The predicted molar refractivity (Wildman–Crippen MR) is 89.3 cm³/mol. The van der Waals surface area contributed by atoms with Gasteiger partial charge in [0, 0.05) is 4.88 Å². The van der Waals surface area contributed by atoms with Gasteiger partial charge in [0.05, 0.1) is 3.79 Å². The molecule has 4 heteroatoms. The Labute approximate surface area is 136 Å². The smallest absolute Gasteiger partial charge is 0.127 e. The predicted octanol–water partition coefficient (Wildman–Crippen LogP) is 5.88. The zero-order chi connectivity index (χ0) is 14.5. The van der Waals surface area contributed by atoms with Crippen LogP contribution in [0.3, 0.4) is 0 Å². The van der Waals surface area contributed by atoms with Crippen molar-refractivity contribution in [1.29, 1.82) is 0 Å². The molecular weight excluding hydrogens is 348 g/mol. The van der Waals surface area contributed by atoms with E-state index in [1.54, 1.807) is 11.3 Å². The van der Waals surface area contributed by atoms with Crippen LogP contribution in [0.2, 0.25) is 0 Å². The first-order chi connectivity index (χ1) is 10.3. The molecule has 2 aromatic carbocycles. The fraction of sp³-hybridized carbons (Fsp3) is 0.0588. The highest BCUT2D eigenvalue weighted by atomic mass is 79.9. The van der Waals surface area contributed by atoms with Crippen LogP contribution in [0.4, 0.5) is 0 Å². The molecule has 0 atom stereocenters. The number of ether oxygens (including phenoxy) is 2. The first kappa shape index (κ1) is 14.2. The molecule has 21 heavy (non-hydrogen) atoms. The standard InChI is InChI=1S/C17H13BrO2S/c18-17-11-10-16(21-17)12-19-13-6-8-15(9-7-13)20-14-4-2-1-3-5-14/h1-11H,12H2. The van der Waals surface area contributed by atoms with E-state index in [4.69, 9.17) is 9.47 Å². The van der Waals surface area contributed by atoms with Gasteiger partial charge in [-0.05, 0) is 64.5 Å². The quantitative estimate of drug-likeness (QED) is 0.565. The lowest BCUT2D eigenvalue weighted by molar-refractivity contribution is 0.309. The molecule has 0 bridgehead atoms. The van der Waals surface area contributed by atoms with Gasteiger partial charge in [0.15, 0.2) is 0 Å². The first-order valence-corrected chi connectivity index (χ1v) is 8.10. The van der Waals surface area contributed by atoms with Crippen LogP contribution in [0.15, 0.2) is 70.5 Å². The molecule has 0 saturated heterocycles. The van der Waals surface area contributed by atoms with Crippen molar-refractivity contribution < 1.29 is 9.47 Å². The van der Waals surface area contributed by atoms with Gasteiger partial charge in [0.2, 0.25) is 0 Å². The van der Waals surface area contributed by atoms with Crippen molar-refractivity contribution in [3.8, 4) is 17.2 Å². The summed E-state index contributed by atoms with van der Waals surface area (Å²) in [6.07, 6.45) is 0. The van der Waals surface area contributed by atoms with Crippen molar-refractivity contribution in [3.63, 3.8) is 0 Å². The van der Waals surface area contributed by atoms with Crippen LogP contribution in [-0.4, -0.2) is 0 Å². The SMILES string of the molecule is Brc1ccc(COc2ccc(Oc3ccccc3)cc2)s1. The minimum atomic E-state index is 0.579. The van der Waals surface area contributed by atoms with Crippen LogP contribution < -0.4 is 9.47 Å². The number of hydrogen-bond donors (Lipinski definition) is 0. The van der Waals surface area contributed by atoms with Crippen molar-refractivity contribution in [2.75, 3.05) is 0 Å². The number of benzene rings is 2. The van der Waals surface area contributed by atoms with Gasteiger partial charge in [-0.1, -0.05) is 18.2 Å². The Balaban J connectivity index is 1.59. The molecular formula is C17H13BrO2S. The van der Waals surface area contributed by atoms with Crippen molar-refractivity contribution in [3.05, 3.63) is 75.4 Å². The van der Waals surface area contributed by atoms with Crippen molar-refractivity contribution in [2.45, 2.75) is 6.61 Å². The molecule has 0 amide bonds. The molecule has 106 valence electrons. The van der Waals surface area contributed by atoms with Crippen LogP contribution >= 0.6 is 27.3 Å². The summed E-state index contributed by atoms with van der Waals surface area (Å²) in [4.78, 5) is 1.19. The van der Waals surface area contributed by atoms with Gasteiger partial charge in [0.25, 0.3) is 0 Å². The third kappa shape index (κ3) is 4.09. The van der Waals surface area contributed by atoms with E-state index in [9.17, 15) is 0 Å². The lowest BCUT2D eigenvalue weighted by atomic mass is 10.3. The first-order valence-electron chi connectivity index (χ1n) is 6.49. The molecule has 0 aliphatic heterocycles. The molecule has 0 aliphatic carbocycles. The monoisotopic (exact) mass is 360 g/mol. The number of hydrogen-bond acceptors (Lipinski definition) is 3. The summed E-state index contributed by atoms with van der Waals surface area (Å²) < 4.78 is 12.6. The van der Waals surface area contributed by atoms with E-state index in [0.717, 1.165) is 21.0 Å². The third-order valence-electron chi connectivity index (χ3n) is 2.81. The van der Waals surface area contributed by atoms with Crippen LogP contribution in [0.5, 0.6) is 17.2 Å². The minimum absolute atomic E-state index is 0.579. The highest BCUT2D eigenvalue weighted by molar-refractivity contribution is 9.11. The summed E-state index contributed by atoms with van der Waals surface area (Å²) >= 11 is 5.12. The van der Waals surface area contributed by atoms with Gasteiger partial charge in [0.1, 0.15) is 23.9 Å². The number of halogens is 1. The number of para-hydroxylation sites is 1. The molecule has 0 saturated carbocycles. The summed E-state index contributed by atoms with van der Waals surface area (Å²) in [7, 11) is 0. The Kier molecular flexibility index (Phi) is 4.58. The highest BCUT2D eigenvalue weighted by Crippen LogP contribution is 2.26. The summed E-state index contributed by atoms with van der Waals surface area (Å²) in [6.45, 7) is 0.579. The van der Waals surface area contributed by atoms with Crippen molar-refractivity contribution in [2.24, 2.45) is 0 Å². The Bertz CT molecular complexity index is 692. The second-order valence-electron chi connectivity index (χ2n) is 4.38. The normalized spacial score (nSPS) is 10.3. The zero-order valence-electron chi connectivity index (χ0n) is 11.2. The van der Waals surface area contributed by atoms with Gasteiger partial charge < -0.3 is 9.47 Å². The fourth-order valence-electron chi connectivity index (χ4n) is 1.81. The summed E-state index contributed by atoms with van der Waals surface area (Å²) in [5.74, 6) is 2.46. The fourth-order valence-corrected chi connectivity index (χ4v) is 3.21. The molecule has 0 N–H and O–H groups in total. The molecule has 3 aromatic rings. The molecule has 1 aromatic heterocycles. The zero-order valence-corrected chi connectivity index (χ0v) is 13.6. The van der Waals surface area contributed by atoms with Gasteiger partial charge in [-0.25, -0.2) is 0 Å². The van der Waals surface area contributed by atoms with Gasteiger partial charge >= 0.3 is 0 Å². The lowest BCUT2D eigenvalue weighted by Gasteiger charge is -2.07. The van der Waals surface area contributed by atoms with Gasteiger partial charge in [-0.15, -0.1) is 11.3 Å². The number of thiophene rings is 1. The average molecular weight is 361 g/mol. The van der Waals surface area contributed by atoms with Gasteiger partial charge in [-0.3, -0.25) is 0 Å². The second-order valence-corrected chi connectivity index (χ2v) is 6.93. The number of rotatable bonds is 5. The molecule has 0 aliphatic rings. The Morgan fingerprint density at radius 3 is 2.10 bits per heavy atom. The largest absolute Gasteiger partial charge is 0.488 e. The molecule has 0 radical (unpaired) electrons. The Morgan fingerprint density at radius 2 is 1.43 bits per heavy atom. The molecule has 0 spiro atoms. The molecule has 0 fully saturated rings. The molecule has 3 rings (SSSR count). The Morgan fingerprint density at radius 1 is 0.762 bits per heavy atom. The maximum atomic E-state index is 5.74. The van der Waals surface area contributed by atoms with E-state index in [1.165, 1.54) is 4.88 Å². The van der Waals surface area contributed by atoms with E-state index in [-0.39, 0.29) is 0 Å². The maximum absolute atomic E-state index is 5.74. The second kappa shape index (κ2) is 6.78. The minimum Gasteiger partial charge on any atom is -0.488 e. The van der Waals surface area contributed by atoms with E-state index in [1.807, 2.05) is 60.7 Å². The lowest BCUT2D eigenvalue weighted by Crippen LogP contribution is -1.92. The molecule has 2 nitrogen and oxygen atoms in total. The molecule has 1 heterocycles. The van der Waals surface area contributed by atoms with Gasteiger partial charge in [-0.2, -0.15) is 0 Å². The van der Waals surface area contributed by atoms with Crippen LogP contribution in [-0.2, 0) is 6.61 Å². The van der Waals surface area contributed by atoms with Crippen LogP contribution in [0, 0.1) is 0 Å². The average Bonchev–Trinajstić information content (AvgIpc) is 2.93. The van der Waals surface area contributed by atoms with Crippen LogP contribution in [0.25, 0.3) is 0 Å².